The number of esters is 1. The molecule has 0 radical (unpaired) electrons. The lowest BCUT2D eigenvalue weighted by molar-refractivity contribution is -0.143. The molecule has 3 aromatic rings. The average Bonchev–Trinajstić information content (AvgIpc) is 3.13. The van der Waals surface area contributed by atoms with Gasteiger partial charge >= 0.3 is 12.0 Å². The second-order valence-corrected chi connectivity index (χ2v) is 6.82. The van der Waals surface area contributed by atoms with Gasteiger partial charge in [-0.3, -0.25) is 14.2 Å². The second-order valence-electron chi connectivity index (χ2n) is 5.90. The van der Waals surface area contributed by atoms with Gasteiger partial charge < -0.3 is 4.74 Å². The number of ether oxygens (including phenoxy) is 1. The van der Waals surface area contributed by atoms with Gasteiger partial charge in [0, 0.05) is 9.86 Å². The third-order valence-corrected chi connectivity index (χ3v) is 4.87. The van der Waals surface area contributed by atoms with E-state index in [4.69, 9.17) is 9.57 Å². The van der Waals surface area contributed by atoms with E-state index in [-0.39, 0.29) is 12.5 Å². The van der Waals surface area contributed by atoms with Crippen LogP contribution in [0.15, 0.2) is 59.1 Å². The predicted molar refractivity (Wildman–Crippen MR) is 98.7 cm³/mol. The molecule has 0 spiro atoms. The largest absolute Gasteiger partial charge is 0.426 e. The summed E-state index contributed by atoms with van der Waals surface area (Å²) in [6.45, 7) is 0. The molecule has 2 aromatic carbocycles. The molecule has 2 heterocycles. The number of carbonyl (C=O) groups is 2. The van der Waals surface area contributed by atoms with Crippen molar-refractivity contribution in [2.24, 2.45) is 0 Å². The van der Waals surface area contributed by atoms with E-state index in [0.717, 1.165) is 15.4 Å². The SMILES string of the molecule is CON1C(=O)n2c(cc3ccccc32)C1CC(=O)Oc1ccc(Br)cc1. The normalized spacial score (nSPS) is 16.2. The van der Waals surface area contributed by atoms with Crippen LogP contribution in [0.2, 0.25) is 0 Å². The number of hydroxylamine groups is 2. The van der Waals surface area contributed by atoms with Gasteiger partial charge in [0.15, 0.2) is 0 Å². The summed E-state index contributed by atoms with van der Waals surface area (Å²) in [5.41, 5.74) is 1.50. The first-order valence-corrected chi connectivity index (χ1v) is 8.82. The minimum absolute atomic E-state index is 0.00797. The molecule has 0 aliphatic carbocycles. The van der Waals surface area contributed by atoms with Crippen LogP contribution in [0.4, 0.5) is 4.79 Å². The van der Waals surface area contributed by atoms with Crippen molar-refractivity contribution in [1.82, 2.24) is 9.63 Å². The highest BCUT2D eigenvalue weighted by Crippen LogP contribution is 2.37. The maximum Gasteiger partial charge on any atom is 0.353 e. The monoisotopic (exact) mass is 414 g/mol. The van der Waals surface area contributed by atoms with E-state index in [9.17, 15) is 9.59 Å². The minimum atomic E-state index is -0.539. The van der Waals surface area contributed by atoms with Gasteiger partial charge in [0.1, 0.15) is 11.8 Å². The van der Waals surface area contributed by atoms with Crippen LogP contribution in [-0.4, -0.2) is 28.7 Å². The molecule has 1 aliphatic heterocycles. The Bertz CT molecular complexity index is 996. The van der Waals surface area contributed by atoms with Crippen LogP contribution in [0.1, 0.15) is 18.2 Å². The number of carbonyl (C=O) groups excluding carboxylic acids is 2. The topological polar surface area (TPSA) is 60.8 Å². The van der Waals surface area contributed by atoms with Gasteiger partial charge in [0.05, 0.1) is 24.7 Å². The number of rotatable bonds is 4. The number of nitrogens with zero attached hydrogens (tertiary/aromatic N) is 2. The average molecular weight is 415 g/mol. The maximum atomic E-state index is 12.7. The van der Waals surface area contributed by atoms with E-state index >= 15 is 0 Å². The molecule has 0 saturated carbocycles. The number of benzene rings is 2. The van der Waals surface area contributed by atoms with Crippen molar-refractivity contribution in [1.29, 1.82) is 0 Å². The first-order valence-electron chi connectivity index (χ1n) is 8.03. The highest BCUT2D eigenvalue weighted by Gasteiger charge is 2.40. The summed E-state index contributed by atoms with van der Waals surface area (Å²) in [6.07, 6.45) is -0.00797. The van der Waals surface area contributed by atoms with E-state index < -0.39 is 12.0 Å². The molecule has 1 aliphatic rings. The fraction of sp³-hybridized carbons (Fsp3) is 0.158. The molecule has 26 heavy (non-hydrogen) atoms. The van der Waals surface area contributed by atoms with Gasteiger partial charge in [-0.2, -0.15) is 5.06 Å². The number of fused-ring (bicyclic) bond motifs is 3. The van der Waals surface area contributed by atoms with Crippen LogP contribution in [0, 0.1) is 0 Å². The molecule has 0 bridgehead atoms. The second kappa shape index (κ2) is 6.59. The Labute approximate surface area is 158 Å². The summed E-state index contributed by atoms with van der Waals surface area (Å²) in [6, 6.07) is 15.6. The van der Waals surface area contributed by atoms with E-state index in [2.05, 4.69) is 15.9 Å². The number of hydrogen-bond acceptors (Lipinski definition) is 4. The zero-order valence-electron chi connectivity index (χ0n) is 13.9. The van der Waals surface area contributed by atoms with E-state index in [0.29, 0.717) is 11.4 Å². The highest BCUT2D eigenvalue weighted by atomic mass is 79.9. The van der Waals surface area contributed by atoms with E-state index in [1.165, 1.54) is 12.2 Å². The predicted octanol–water partition coefficient (Wildman–Crippen LogP) is 4.29. The molecule has 0 fully saturated rings. The van der Waals surface area contributed by atoms with Gasteiger partial charge in [-0.05, 0) is 36.4 Å². The molecule has 6 nitrogen and oxygen atoms in total. The maximum absolute atomic E-state index is 12.7. The molecule has 4 rings (SSSR count). The smallest absolute Gasteiger partial charge is 0.353 e. The molecule has 1 unspecified atom stereocenters. The fourth-order valence-electron chi connectivity index (χ4n) is 3.21. The van der Waals surface area contributed by atoms with Gasteiger partial charge in [0.25, 0.3) is 0 Å². The summed E-state index contributed by atoms with van der Waals surface area (Å²) in [7, 11) is 1.42. The summed E-state index contributed by atoms with van der Waals surface area (Å²) >= 11 is 3.34. The number of aromatic nitrogens is 1. The van der Waals surface area contributed by atoms with Gasteiger partial charge in [0.2, 0.25) is 0 Å². The van der Waals surface area contributed by atoms with Crippen LogP contribution in [0.5, 0.6) is 5.75 Å². The van der Waals surface area contributed by atoms with Crippen molar-refractivity contribution in [3.63, 3.8) is 0 Å². The first kappa shape index (κ1) is 16.8. The summed E-state index contributed by atoms with van der Waals surface area (Å²) < 4.78 is 7.86. The zero-order chi connectivity index (χ0) is 18.3. The first-order chi connectivity index (χ1) is 12.6. The molecule has 1 atom stereocenters. The molecule has 1 aromatic heterocycles. The van der Waals surface area contributed by atoms with Gasteiger partial charge in [-0.1, -0.05) is 34.1 Å². The molecular formula is C19H15BrN2O4. The van der Waals surface area contributed by atoms with Crippen molar-refractivity contribution in [2.75, 3.05) is 7.11 Å². The van der Waals surface area contributed by atoms with Gasteiger partial charge in [-0.15, -0.1) is 0 Å². The fourth-order valence-corrected chi connectivity index (χ4v) is 3.48. The Morgan fingerprint density at radius 1 is 1.15 bits per heavy atom. The number of para-hydroxylation sites is 1. The Kier molecular flexibility index (Phi) is 4.26. The summed E-state index contributed by atoms with van der Waals surface area (Å²) in [5.74, 6) is 0.0120. The lowest BCUT2D eigenvalue weighted by Crippen LogP contribution is -2.30. The molecular weight excluding hydrogens is 400 g/mol. The summed E-state index contributed by atoms with van der Waals surface area (Å²) in [4.78, 5) is 30.3. The zero-order valence-corrected chi connectivity index (χ0v) is 15.5. The number of amides is 1. The lowest BCUT2D eigenvalue weighted by atomic mass is 10.1. The quantitative estimate of drug-likeness (QED) is 0.471. The van der Waals surface area contributed by atoms with Crippen molar-refractivity contribution < 1.29 is 19.2 Å². The Hall–Kier alpha value is -2.64. The standard InChI is InChI=1S/C19H15BrN2O4/c1-25-22-17(11-18(23)26-14-8-6-13(20)7-9-14)16-10-12-4-2-3-5-15(12)21(16)19(22)24/h2-10,17H,11H2,1H3. The molecule has 7 heteroatoms. The minimum Gasteiger partial charge on any atom is -0.426 e. The van der Waals surface area contributed by atoms with E-state index in [1.807, 2.05) is 30.3 Å². The third-order valence-electron chi connectivity index (χ3n) is 4.35. The van der Waals surface area contributed by atoms with E-state index in [1.54, 1.807) is 28.8 Å². The van der Waals surface area contributed by atoms with Crippen molar-refractivity contribution >= 4 is 38.8 Å². The molecule has 132 valence electrons. The number of hydrogen-bond donors (Lipinski definition) is 0. The third kappa shape index (κ3) is 2.79. The molecule has 1 amide bonds. The molecule has 0 N–H and O–H groups in total. The number of halogens is 1. The van der Waals surface area contributed by atoms with Crippen LogP contribution >= 0.6 is 15.9 Å². The highest BCUT2D eigenvalue weighted by molar-refractivity contribution is 9.10. The molecule has 0 saturated heterocycles. The van der Waals surface area contributed by atoms with Gasteiger partial charge in [-0.25, -0.2) is 4.79 Å². The van der Waals surface area contributed by atoms with Crippen LogP contribution < -0.4 is 4.74 Å². The Balaban J connectivity index is 1.62. The van der Waals surface area contributed by atoms with Crippen molar-refractivity contribution in [2.45, 2.75) is 12.5 Å². The van der Waals surface area contributed by atoms with Crippen LogP contribution in [0.25, 0.3) is 10.9 Å². The van der Waals surface area contributed by atoms with Crippen molar-refractivity contribution in [3.05, 3.63) is 64.8 Å². The van der Waals surface area contributed by atoms with Crippen molar-refractivity contribution in [3.8, 4) is 5.75 Å². The summed E-state index contributed by atoms with van der Waals surface area (Å²) in [5, 5.41) is 2.16. The lowest BCUT2D eigenvalue weighted by Gasteiger charge is -2.20. The Morgan fingerprint density at radius 2 is 1.88 bits per heavy atom. The van der Waals surface area contributed by atoms with Crippen LogP contribution in [0.3, 0.4) is 0 Å². The van der Waals surface area contributed by atoms with Crippen LogP contribution in [-0.2, 0) is 9.63 Å². The Morgan fingerprint density at radius 3 is 2.62 bits per heavy atom.